The first-order valence-electron chi connectivity index (χ1n) is 6.32. The molecule has 1 aromatic rings. The summed E-state index contributed by atoms with van der Waals surface area (Å²) < 4.78 is 0. The molecule has 2 N–H and O–H groups in total. The molecular formula is C14H23ClN2. The van der Waals surface area contributed by atoms with Gasteiger partial charge in [0.1, 0.15) is 0 Å². The normalized spacial score (nSPS) is 10.9. The van der Waals surface area contributed by atoms with Crippen molar-refractivity contribution < 1.29 is 0 Å². The Morgan fingerprint density at radius 2 is 2.06 bits per heavy atom. The van der Waals surface area contributed by atoms with Crippen LogP contribution in [0.2, 0.25) is 5.02 Å². The highest BCUT2D eigenvalue weighted by molar-refractivity contribution is 6.33. The molecule has 0 amide bonds. The number of hydrogen-bond acceptors (Lipinski definition) is 2. The van der Waals surface area contributed by atoms with Crippen molar-refractivity contribution in [1.29, 1.82) is 0 Å². The van der Waals surface area contributed by atoms with Crippen LogP contribution in [0.5, 0.6) is 0 Å². The molecule has 3 heteroatoms. The molecule has 0 radical (unpaired) electrons. The zero-order chi connectivity index (χ0) is 12.8. The molecule has 2 nitrogen and oxygen atoms in total. The summed E-state index contributed by atoms with van der Waals surface area (Å²) in [6.45, 7) is 9.27. The molecule has 0 spiro atoms. The molecule has 96 valence electrons. The lowest BCUT2D eigenvalue weighted by atomic mass is 10.1. The Balaban J connectivity index is 3.06. The van der Waals surface area contributed by atoms with Gasteiger partial charge in [-0.15, -0.1) is 0 Å². The lowest BCUT2D eigenvalue weighted by Gasteiger charge is -2.28. The van der Waals surface area contributed by atoms with E-state index in [1.165, 1.54) is 5.56 Å². The monoisotopic (exact) mass is 254 g/mol. The number of nitrogens with two attached hydrogens (primary N) is 1. The summed E-state index contributed by atoms with van der Waals surface area (Å²) in [5, 5.41) is 0.832. The average Bonchev–Trinajstić information content (AvgIpc) is 2.27. The largest absolute Gasteiger partial charge is 0.370 e. The SMILES string of the molecule is CCN(CC(C)C)c1c(Cl)cccc1CCN. The number of halogens is 1. The van der Waals surface area contributed by atoms with Gasteiger partial charge in [-0.05, 0) is 37.4 Å². The van der Waals surface area contributed by atoms with E-state index in [1.807, 2.05) is 12.1 Å². The molecule has 0 heterocycles. The van der Waals surface area contributed by atoms with E-state index >= 15 is 0 Å². The van der Waals surface area contributed by atoms with E-state index in [0.717, 1.165) is 30.2 Å². The number of nitrogens with zero attached hydrogens (tertiary/aromatic N) is 1. The summed E-state index contributed by atoms with van der Waals surface area (Å²) in [5.74, 6) is 0.622. The van der Waals surface area contributed by atoms with Gasteiger partial charge in [-0.2, -0.15) is 0 Å². The smallest absolute Gasteiger partial charge is 0.0642 e. The summed E-state index contributed by atoms with van der Waals surface area (Å²) >= 11 is 6.34. The lowest BCUT2D eigenvalue weighted by molar-refractivity contribution is 0.617. The first kappa shape index (κ1) is 14.3. The molecule has 0 atom stereocenters. The second-order valence-electron chi connectivity index (χ2n) is 4.72. The second-order valence-corrected chi connectivity index (χ2v) is 5.13. The molecular weight excluding hydrogens is 232 g/mol. The average molecular weight is 255 g/mol. The van der Waals surface area contributed by atoms with E-state index in [1.54, 1.807) is 0 Å². The molecule has 0 aliphatic carbocycles. The molecule has 0 saturated heterocycles. The third-order valence-corrected chi connectivity index (χ3v) is 3.07. The van der Waals surface area contributed by atoms with Crippen LogP contribution in [-0.4, -0.2) is 19.6 Å². The van der Waals surface area contributed by atoms with Crippen LogP contribution in [0.1, 0.15) is 26.3 Å². The Bertz CT molecular complexity index is 350. The topological polar surface area (TPSA) is 29.3 Å². The van der Waals surface area contributed by atoms with Crippen LogP contribution in [0.15, 0.2) is 18.2 Å². The first-order chi connectivity index (χ1) is 8.10. The highest BCUT2D eigenvalue weighted by Crippen LogP contribution is 2.30. The molecule has 0 aromatic heterocycles. The zero-order valence-corrected chi connectivity index (χ0v) is 11.8. The maximum Gasteiger partial charge on any atom is 0.0642 e. The Morgan fingerprint density at radius 1 is 1.35 bits per heavy atom. The lowest BCUT2D eigenvalue weighted by Crippen LogP contribution is -2.28. The Morgan fingerprint density at radius 3 is 2.59 bits per heavy atom. The van der Waals surface area contributed by atoms with Crippen LogP contribution < -0.4 is 10.6 Å². The number of anilines is 1. The quantitative estimate of drug-likeness (QED) is 0.844. The van der Waals surface area contributed by atoms with E-state index in [2.05, 4.69) is 31.7 Å². The van der Waals surface area contributed by atoms with Crippen LogP contribution in [-0.2, 0) is 6.42 Å². The second kappa shape index (κ2) is 6.87. The van der Waals surface area contributed by atoms with Gasteiger partial charge in [0.15, 0.2) is 0 Å². The van der Waals surface area contributed by atoms with Gasteiger partial charge in [0.25, 0.3) is 0 Å². The Labute approximate surface area is 110 Å². The van der Waals surface area contributed by atoms with Gasteiger partial charge >= 0.3 is 0 Å². The van der Waals surface area contributed by atoms with Gasteiger partial charge in [-0.25, -0.2) is 0 Å². The van der Waals surface area contributed by atoms with E-state index in [9.17, 15) is 0 Å². The number of rotatable bonds is 6. The van der Waals surface area contributed by atoms with Gasteiger partial charge in [0.05, 0.1) is 10.7 Å². The van der Waals surface area contributed by atoms with E-state index in [4.69, 9.17) is 17.3 Å². The third-order valence-electron chi connectivity index (χ3n) is 2.77. The predicted molar refractivity (Wildman–Crippen MR) is 76.9 cm³/mol. The van der Waals surface area contributed by atoms with Gasteiger partial charge < -0.3 is 10.6 Å². The van der Waals surface area contributed by atoms with Crippen LogP contribution in [0.4, 0.5) is 5.69 Å². The van der Waals surface area contributed by atoms with Crippen molar-refractivity contribution in [3.63, 3.8) is 0 Å². The van der Waals surface area contributed by atoms with Crippen molar-refractivity contribution in [1.82, 2.24) is 0 Å². The first-order valence-corrected chi connectivity index (χ1v) is 6.70. The molecule has 0 aliphatic heterocycles. The molecule has 0 saturated carbocycles. The molecule has 1 rings (SSSR count). The van der Waals surface area contributed by atoms with Crippen LogP contribution in [0.25, 0.3) is 0 Å². The summed E-state index contributed by atoms with van der Waals surface area (Å²) in [4.78, 5) is 2.35. The van der Waals surface area contributed by atoms with E-state index in [-0.39, 0.29) is 0 Å². The van der Waals surface area contributed by atoms with Gasteiger partial charge in [0, 0.05) is 13.1 Å². The van der Waals surface area contributed by atoms with Crippen molar-refractivity contribution >= 4 is 17.3 Å². The van der Waals surface area contributed by atoms with Crippen molar-refractivity contribution in [2.75, 3.05) is 24.5 Å². The van der Waals surface area contributed by atoms with Crippen molar-refractivity contribution in [3.8, 4) is 0 Å². The fourth-order valence-electron chi connectivity index (χ4n) is 2.09. The van der Waals surface area contributed by atoms with Gasteiger partial charge in [0.2, 0.25) is 0 Å². The maximum absolute atomic E-state index is 6.34. The highest BCUT2D eigenvalue weighted by Gasteiger charge is 2.14. The Kier molecular flexibility index (Phi) is 5.79. The minimum Gasteiger partial charge on any atom is -0.370 e. The summed E-state index contributed by atoms with van der Waals surface area (Å²) in [5.41, 5.74) is 8.08. The molecule has 0 bridgehead atoms. The van der Waals surface area contributed by atoms with Gasteiger partial charge in [-0.1, -0.05) is 37.6 Å². The summed E-state index contributed by atoms with van der Waals surface area (Å²) in [6.07, 6.45) is 0.879. The minimum absolute atomic E-state index is 0.622. The molecule has 0 aliphatic rings. The summed E-state index contributed by atoms with van der Waals surface area (Å²) in [6, 6.07) is 6.08. The molecule has 0 unspecified atom stereocenters. The van der Waals surface area contributed by atoms with Crippen molar-refractivity contribution in [2.24, 2.45) is 11.7 Å². The molecule has 0 fully saturated rings. The summed E-state index contributed by atoms with van der Waals surface area (Å²) in [7, 11) is 0. The standard InChI is InChI=1S/C14H23ClN2/c1-4-17(10-11(2)3)14-12(8-9-16)6-5-7-13(14)15/h5-7,11H,4,8-10,16H2,1-3H3. The van der Waals surface area contributed by atoms with Crippen LogP contribution >= 0.6 is 11.6 Å². The predicted octanol–water partition coefficient (Wildman–Crippen LogP) is 3.32. The van der Waals surface area contributed by atoms with Crippen molar-refractivity contribution in [2.45, 2.75) is 27.2 Å². The van der Waals surface area contributed by atoms with E-state index in [0.29, 0.717) is 12.5 Å². The fourth-order valence-corrected chi connectivity index (χ4v) is 2.40. The zero-order valence-electron chi connectivity index (χ0n) is 11.0. The van der Waals surface area contributed by atoms with Crippen LogP contribution in [0, 0.1) is 5.92 Å². The van der Waals surface area contributed by atoms with Gasteiger partial charge in [-0.3, -0.25) is 0 Å². The number of benzene rings is 1. The minimum atomic E-state index is 0.622. The van der Waals surface area contributed by atoms with Crippen LogP contribution in [0.3, 0.4) is 0 Å². The molecule has 17 heavy (non-hydrogen) atoms. The highest BCUT2D eigenvalue weighted by atomic mass is 35.5. The third kappa shape index (κ3) is 3.90. The number of hydrogen-bond donors (Lipinski definition) is 1. The maximum atomic E-state index is 6.34. The van der Waals surface area contributed by atoms with Crippen molar-refractivity contribution in [3.05, 3.63) is 28.8 Å². The number of para-hydroxylation sites is 1. The van der Waals surface area contributed by atoms with E-state index < -0.39 is 0 Å². The Hall–Kier alpha value is -0.730. The molecule has 1 aromatic carbocycles. The fraction of sp³-hybridized carbons (Fsp3) is 0.571.